The van der Waals surface area contributed by atoms with Crippen molar-refractivity contribution in [2.75, 3.05) is 0 Å². The van der Waals surface area contributed by atoms with E-state index in [2.05, 4.69) is 6.92 Å². The van der Waals surface area contributed by atoms with E-state index in [0.717, 1.165) is 31.4 Å². The largest absolute Gasteiger partial charge is 0.457 e. The molecule has 0 bridgehead atoms. The number of para-hydroxylation sites is 1. The van der Waals surface area contributed by atoms with Gasteiger partial charge in [-0.1, -0.05) is 50.5 Å². The predicted octanol–water partition coefficient (Wildman–Crippen LogP) is 5.35. The average molecular weight is 298 g/mol. The summed E-state index contributed by atoms with van der Waals surface area (Å²) in [7, 11) is 0. The molecule has 0 aromatic heterocycles. The predicted molar refractivity (Wildman–Crippen MR) is 87.4 cm³/mol. The van der Waals surface area contributed by atoms with Gasteiger partial charge in [-0.15, -0.1) is 0 Å². The van der Waals surface area contributed by atoms with Crippen molar-refractivity contribution in [2.45, 2.75) is 39.0 Å². The van der Waals surface area contributed by atoms with Crippen LogP contribution in [0.5, 0.6) is 17.2 Å². The molecule has 2 rings (SSSR count). The van der Waals surface area contributed by atoms with E-state index in [-0.39, 0.29) is 5.97 Å². The summed E-state index contributed by atoms with van der Waals surface area (Å²) in [5, 5.41) is 0. The van der Waals surface area contributed by atoms with Crippen LogP contribution in [-0.2, 0) is 4.79 Å². The summed E-state index contributed by atoms with van der Waals surface area (Å²) in [6.07, 6.45) is 4.74. The maximum atomic E-state index is 11.8. The SMILES string of the molecule is CCCCCCC(=O)Oc1cccc(Oc2ccccc2)c1. The fraction of sp³-hybridized carbons (Fsp3) is 0.316. The van der Waals surface area contributed by atoms with E-state index in [1.54, 1.807) is 12.1 Å². The Hall–Kier alpha value is -2.29. The number of benzene rings is 2. The van der Waals surface area contributed by atoms with Crippen molar-refractivity contribution in [3.05, 3.63) is 54.6 Å². The lowest BCUT2D eigenvalue weighted by Crippen LogP contribution is -2.07. The molecule has 0 unspecified atom stereocenters. The van der Waals surface area contributed by atoms with Crippen LogP contribution >= 0.6 is 0 Å². The van der Waals surface area contributed by atoms with Gasteiger partial charge in [-0.3, -0.25) is 4.79 Å². The second-order valence-corrected chi connectivity index (χ2v) is 5.17. The first-order chi connectivity index (χ1) is 10.8. The maximum Gasteiger partial charge on any atom is 0.311 e. The highest BCUT2D eigenvalue weighted by Crippen LogP contribution is 2.25. The molecular weight excluding hydrogens is 276 g/mol. The molecule has 22 heavy (non-hydrogen) atoms. The van der Waals surface area contributed by atoms with E-state index in [9.17, 15) is 4.79 Å². The minimum atomic E-state index is -0.187. The summed E-state index contributed by atoms with van der Waals surface area (Å²) in [6.45, 7) is 2.15. The van der Waals surface area contributed by atoms with Crippen LogP contribution in [0.2, 0.25) is 0 Å². The molecule has 0 aliphatic heterocycles. The molecule has 116 valence electrons. The highest BCUT2D eigenvalue weighted by molar-refractivity contribution is 5.72. The second kappa shape index (κ2) is 8.88. The van der Waals surface area contributed by atoms with Crippen molar-refractivity contribution < 1.29 is 14.3 Å². The third kappa shape index (κ3) is 5.60. The number of carbonyl (C=O) groups is 1. The van der Waals surface area contributed by atoms with Crippen LogP contribution in [0.3, 0.4) is 0 Å². The van der Waals surface area contributed by atoms with Crippen molar-refractivity contribution in [1.82, 2.24) is 0 Å². The van der Waals surface area contributed by atoms with Gasteiger partial charge in [0.1, 0.15) is 17.2 Å². The van der Waals surface area contributed by atoms with Gasteiger partial charge in [0.2, 0.25) is 0 Å². The summed E-state index contributed by atoms with van der Waals surface area (Å²) in [4.78, 5) is 11.8. The van der Waals surface area contributed by atoms with Crippen molar-refractivity contribution in [2.24, 2.45) is 0 Å². The van der Waals surface area contributed by atoms with Gasteiger partial charge < -0.3 is 9.47 Å². The van der Waals surface area contributed by atoms with Gasteiger partial charge in [-0.2, -0.15) is 0 Å². The second-order valence-electron chi connectivity index (χ2n) is 5.17. The molecule has 0 aliphatic carbocycles. The Morgan fingerprint density at radius 1 is 0.864 bits per heavy atom. The fourth-order valence-electron chi connectivity index (χ4n) is 2.10. The third-order valence-electron chi connectivity index (χ3n) is 3.25. The molecule has 0 fully saturated rings. The van der Waals surface area contributed by atoms with Gasteiger partial charge in [-0.25, -0.2) is 0 Å². The summed E-state index contributed by atoms with van der Waals surface area (Å²) < 4.78 is 11.1. The Morgan fingerprint density at radius 3 is 2.36 bits per heavy atom. The van der Waals surface area contributed by atoms with Gasteiger partial charge in [0.15, 0.2) is 0 Å². The number of carbonyl (C=O) groups excluding carboxylic acids is 1. The first kappa shape index (κ1) is 16.1. The zero-order valence-electron chi connectivity index (χ0n) is 13.0. The molecule has 3 nitrogen and oxygen atoms in total. The molecule has 0 amide bonds. The Bertz CT molecular complexity index is 578. The van der Waals surface area contributed by atoms with Gasteiger partial charge in [0, 0.05) is 12.5 Å². The van der Waals surface area contributed by atoms with Crippen molar-refractivity contribution in [3.63, 3.8) is 0 Å². The number of hydrogen-bond donors (Lipinski definition) is 0. The summed E-state index contributed by atoms with van der Waals surface area (Å²) >= 11 is 0. The lowest BCUT2D eigenvalue weighted by molar-refractivity contribution is -0.134. The van der Waals surface area contributed by atoms with Gasteiger partial charge in [0.25, 0.3) is 0 Å². The molecule has 2 aromatic carbocycles. The van der Waals surface area contributed by atoms with Crippen molar-refractivity contribution in [3.8, 4) is 17.2 Å². The minimum Gasteiger partial charge on any atom is -0.457 e. The number of unbranched alkanes of at least 4 members (excludes halogenated alkanes) is 3. The number of ether oxygens (including phenoxy) is 2. The highest BCUT2D eigenvalue weighted by atomic mass is 16.5. The molecule has 0 saturated carbocycles. The van der Waals surface area contributed by atoms with E-state index in [0.29, 0.717) is 17.9 Å². The number of esters is 1. The van der Waals surface area contributed by atoms with E-state index >= 15 is 0 Å². The van der Waals surface area contributed by atoms with E-state index in [1.807, 2.05) is 42.5 Å². The van der Waals surface area contributed by atoms with Gasteiger partial charge >= 0.3 is 5.97 Å². The molecule has 0 radical (unpaired) electrons. The third-order valence-corrected chi connectivity index (χ3v) is 3.25. The summed E-state index contributed by atoms with van der Waals surface area (Å²) in [6, 6.07) is 16.7. The van der Waals surface area contributed by atoms with Crippen LogP contribution in [0.4, 0.5) is 0 Å². The Morgan fingerprint density at radius 2 is 1.59 bits per heavy atom. The lowest BCUT2D eigenvalue weighted by atomic mass is 10.1. The standard InChI is InChI=1S/C19H22O3/c1-2-3-4-8-14-19(20)22-18-13-9-12-17(15-18)21-16-10-6-5-7-11-16/h5-7,9-13,15H,2-4,8,14H2,1H3. The first-order valence-corrected chi connectivity index (χ1v) is 7.81. The Balaban J connectivity index is 1.87. The molecule has 3 heteroatoms. The zero-order valence-corrected chi connectivity index (χ0v) is 13.0. The summed E-state index contributed by atoms with van der Waals surface area (Å²) in [5.74, 6) is 1.75. The van der Waals surface area contributed by atoms with Crippen LogP contribution < -0.4 is 9.47 Å². The average Bonchev–Trinajstić information content (AvgIpc) is 2.53. The molecule has 0 spiro atoms. The monoisotopic (exact) mass is 298 g/mol. The first-order valence-electron chi connectivity index (χ1n) is 7.81. The molecule has 0 atom stereocenters. The molecule has 2 aromatic rings. The molecular formula is C19H22O3. The van der Waals surface area contributed by atoms with Crippen LogP contribution in [-0.4, -0.2) is 5.97 Å². The Kier molecular flexibility index (Phi) is 6.49. The number of rotatable bonds is 8. The number of hydrogen-bond acceptors (Lipinski definition) is 3. The van der Waals surface area contributed by atoms with Crippen molar-refractivity contribution in [1.29, 1.82) is 0 Å². The Labute approximate surface area is 131 Å². The van der Waals surface area contributed by atoms with Gasteiger partial charge in [-0.05, 0) is 30.7 Å². The van der Waals surface area contributed by atoms with E-state index < -0.39 is 0 Å². The smallest absolute Gasteiger partial charge is 0.311 e. The maximum absolute atomic E-state index is 11.8. The topological polar surface area (TPSA) is 35.5 Å². The zero-order chi connectivity index (χ0) is 15.6. The molecule has 0 saturated heterocycles. The van der Waals surface area contributed by atoms with Gasteiger partial charge in [0.05, 0.1) is 0 Å². The highest BCUT2D eigenvalue weighted by Gasteiger charge is 2.06. The van der Waals surface area contributed by atoms with Crippen LogP contribution in [0.15, 0.2) is 54.6 Å². The molecule has 0 heterocycles. The molecule has 0 N–H and O–H groups in total. The molecule has 0 aliphatic rings. The van der Waals surface area contributed by atoms with E-state index in [1.165, 1.54) is 0 Å². The van der Waals surface area contributed by atoms with Crippen LogP contribution in [0.25, 0.3) is 0 Å². The lowest BCUT2D eigenvalue weighted by Gasteiger charge is -2.08. The van der Waals surface area contributed by atoms with Crippen molar-refractivity contribution >= 4 is 5.97 Å². The van der Waals surface area contributed by atoms with Crippen LogP contribution in [0.1, 0.15) is 39.0 Å². The minimum absolute atomic E-state index is 0.187. The fourth-order valence-corrected chi connectivity index (χ4v) is 2.10. The quantitative estimate of drug-likeness (QED) is 0.374. The van der Waals surface area contributed by atoms with Crippen LogP contribution in [0, 0.1) is 0 Å². The van der Waals surface area contributed by atoms with E-state index in [4.69, 9.17) is 9.47 Å². The summed E-state index contributed by atoms with van der Waals surface area (Å²) in [5.41, 5.74) is 0. The normalized spacial score (nSPS) is 10.2.